The van der Waals surface area contributed by atoms with Crippen LogP contribution in [0.5, 0.6) is 5.75 Å². The van der Waals surface area contributed by atoms with E-state index in [4.69, 9.17) is 0 Å². The number of carbonyl (C=O) groups excluding carboxylic acids is 2. The lowest BCUT2D eigenvalue weighted by molar-refractivity contribution is -0.135. The highest BCUT2D eigenvalue weighted by Gasteiger charge is 2.35. The van der Waals surface area contributed by atoms with E-state index in [0.717, 1.165) is 30.5 Å². The van der Waals surface area contributed by atoms with Gasteiger partial charge in [0.15, 0.2) is 10.9 Å². The number of thiazole rings is 1. The molecular weight excluding hydrogens is 452 g/mol. The van der Waals surface area contributed by atoms with Gasteiger partial charge in [0.2, 0.25) is 5.91 Å². The van der Waals surface area contributed by atoms with Crippen LogP contribution in [0.4, 0.5) is 16.6 Å². The normalized spacial score (nSPS) is 14.9. The Hall–Kier alpha value is -3.40. The summed E-state index contributed by atoms with van der Waals surface area (Å²) in [7, 11) is 0. The number of anilines is 3. The van der Waals surface area contributed by atoms with E-state index in [2.05, 4.69) is 34.6 Å². The fraction of sp³-hybridized carbons (Fsp3) is 0.417. The number of hydrogen-bond donors (Lipinski definition) is 3. The highest BCUT2D eigenvalue weighted by atomic mass is 32.1. The number of phenolic OH excluding ortho intramolecular Hbond substituents is 1. The molecule has 2 aromatic heterocycles. The summed E-state index contributed by atoms with van der Waals surface area (Å²) in [5.41, 5.74) is 2.83. The van der Waals surface area contributed by atoms with Crippen LogP contribution in [0.3, 0.4) is 0 Å². The first-order chi connectivity index (χ1) is 16.0. The maximum absolute atomic E-state index is 12.8. The largest absolute Gasteiger partial charge is 0.508 e. The lowest BCUT2D eigenvalue weighted by Crippen LogP contribution is -2.44. The summed E-state index contributed by atoms with van der Waals surface area (Å²) in [6.07, 6.45) is 5.36. The van der Waals surface area contributed by atoms with E-state index in [1.807, 2.05) is 24.9 Å². The predicted molar refractivity (Wildman–Crippen MR) is 133 cm³/mol. The lowest BCUT2D eigenvalue weighted by atomic mass is 10.0. The molecule has 3 aromatic rings. The smallest absolute Gasteiger partial charge is 0.267 e. The van der Waals surface area contributed by atoms with Gasteiger partial charge >= 0.3 is 0 Å². The number of aromatic nitrogens is 3. The molecule has 10 heteroatoms. The molecule has 1 fully saturated rings. The number of amides is 2. The van der Waals surface area contributed by atoms with Gasteiger partial charge in [-0.1, -0.05) is 17.4 Å². The fourth-order valence-corrected chi connectivity index (χ4v) is 4.97. The van der Waals surface area contributed by atoms with Gasteiger partial charge in [0.25, 0.3) is 5.91 Å². The van der Waals surface area contributed by atoms with E-state index < -0.39 is 0 Å². The number of hydrogen-bond acceptors (Lipinski definition) is 7. The van der Waals surface area contributed by atoms with Crippen LogP contribution in [0.15, 0.2) is 24.5 Å². The minimum absolute atomic E-state index is 0.0577. The van der Waals surface area contributed by atoms with E-state index in [1.165, 1.54) is 17.5 Å². The summed E-state index contributed by atoms with van der Waals surface area (Å²) in [5.74, 6) is 0.477. The fourth-order valence-electron chi connectivity index (χ4n) is 4.26. The van der Waals surface area contributed by atoms with Crippen LogP contribution in [0.25, 0.3) is 0 Å². The molecule has 0 bridgehead atoms. The molecular formula is C24H30N6O3S. The van der Waals surface area contributed by atoms with Gasteiger partial charge in [0.05, 0.1) is 11.9 Å². The topological polar surface area (TPSA) is 112 Å². The Morgan fingerprint density at radius 2 is 1.97 bits per heavy atom. The van der Waals surface area contributed by atoms with Crippen molar-refractivity contribution in [2.45, 2.75) is 59.5 Å². The molecule has 0 unspecified atom stereocenters. The third-order valence-electron chi connectivity index (χ3n) is 6.28. The van der Waals surface area contributed by atoms with E-state index in [9.17, 15) is 14.7 Å². The second kappa shape index (κ2) is 9.09. The second-order valence-electron chi connectivity index (χ2n) is 9.33. The minimum atomic E-state index is -0.302. The van der Waals surface area contributed by atoms with Gasteiger partial charge in [-0.15, -0.1) is 0 Å². The standard InChI is InChI=1S/C24H30N6O3S/c1-14-7-8-17(31)16(3)20(14)26-22(33)18-11-25-23(34-18)27-21-15(2)12-29(28-21)13-19(32)30-10-6-9-24(30,4)5/h7-8,11-12,31H,6,9-10,13H2,1-5H3,(H,26,33)(H,25,27,28). The van der Waals surface area contributed by atoms with Crippen molar-refractivity contribution in [1.29, 1.82) is 0 Å². The summed E-state index contributed by atoms with van der Waals surface area (Å²) in [4.78, 5) is 32.2. The molecule has 0 aliphatic carbocycles. The molecule has 34 heavy (non-hydrogen) atoms. The first-order valence-electron chi connectivity index (χ1n) is 11.2. The quantitative estimate of drug-likeness (QED) is 0.481. The number of benzene rings is 1. The van der Waals surface area contributed by atoms with Crippen LogP contribution >= 0.6 is 11.3 Å². The molecule has 4 rings (SSSR count). The molecule has 3 N–H and O–H groups in total. The molecule has 1 aliphatic heterocycles. The summed E-state index contributed by atoms with van der Waals surface area (Å²) < 4.78 is 1.64. The molecule has 2 amide bonds. The monoisotopic (exact) mass is 482 g/mol. The second-order valence-corrected chi connectivity index (χ2v) is 10.4. The minimum Gasteiger partial charge on any atom is -0.508 e. The molecule has 1 aromatic carbocycles. The Kier molecular flexibility index (Phi) is 6.35. The average Bonchev–Trinajstić information content (AvgIpc) is 3.47. The van der Waals surface area contributed by atoms with Crippen LogP contribution in [0.2, 0.25) is 0 Å². The Bertz CT molecular complexity index is 1250. The lowest BCUT2D eigenvalue weighted by Gasteiger charge is -2.31. The molecule has 1 aliphatic rings. The van der Waals surface area contributed by atoms with E-state index in [-0.39, 0.29) is 29.6 Å². The molecule has 9 nitrogen and oxygen atoms in total. The first kappa shape index (κ1) is 23.7. The number of likely N-dealkylation sites (tertiary alicyclic amines) is 1. The van der Waals surface area contributed by atoms with Crippen molar-refractivity contribution in [2.75, 3.05) is 17.2 Å². The van der Waals surface area contributed by atoms with Crippen molar-refractivity contribution >= 4 is 39.8 Å². The Balaban J connectivity index is 1.42. The molecule has 3 heterocycles. The molecule has 0 radical (unpaired) electrons. The number of aryl methyl sites for hydroxylation is 2. The van der Waals surface area contributed by atoms with E-state index in [0.29, 0.717) is 27.1 Å². The predicted octanol–water partition coefficient (Wildman–Crippen LogP) is 4.37. The zero-order chi connectivity index (χ0) is 24.6. The van der Waals surface area contributed by atoms with Crippen molar-refractivity contribution in [3.8, 4) is 5.75 Å². The first-order valence-corrected chi connectivity index (χ1v) is 12.0. The number of phenols is 1. The summed E-state index contributed by atoms with van der Waals surface area (Å²) in [6, 6.07) is 3.36. The van der Waals surface area contributed by atoms with E-state index >= 15 is 0 Å². The van der Waals surface area contributed by atoms with Crippen LogP contribution in [-0.2, 0) is 11.3 Å². The van der Waals surface area contributed by atoms with Gasteiger partial charge in [-0.05, 0) is 59.1 Å². The summed E-state index contributed by atoms with van der Waals surface area (Å²) >= 11 is 1.20. The number of nitrogens with zero attached hydrogens (tertiary/aromatic N) is 4. The third-order valence-corrected chi connectivity index (χ3v) is 7.19. The van der Waals surface area contributed by atoms with Crippen LogP contribution in [0, 0.1) is 20.8 Å². The molecule has 0 atom stereocenters. The maximum atomic E-state index is 12.8. The van der Waals surface area contributed by atoms with Gasteiger partial charge in [-0.25, -0.2) is 4.98 Å². The zero-order valence-corrected chi connectivity index (χ0v) is 20.9. The van der Waals surface area contributed by atoms with Crippen molar-refractivity contribution in [1.82, 2.24) is 19.7 Å². The Morgan fingerprint density at radius 1 is 1.21 bits per heavy atom. The Labute approximate surface area is 202 Å². The van der Waals surface area contributed by atoms with Crippen molar-refractivity contribution in [2.24, 2.45) is 0 Å². The SMILES string of the molecule is Cc1cn(CC(=O)N2CCCC2(C)C)nc1Nc1ncc(C(=O)Nc2c(C)ccc(O)c2C)s1. The van der Waals surface area contributed by atoms with Gasteiger partial charge in [0.1, 0.15) is 17.2 Å². The number of rotatable bonds is 6. The molecule has 180 valence electrons. The van der Waals surface area contributed by atoms with Gasteiger partial charge in [-0.2, -0.15) is 5.10 Å². The van der Waals surface area contributed by atoms with Crippen molar-refractivity contribution in [3.05, 3.63) is 46.1 Å². The zero-order valence-electron chi connectivity index (χ0n) is 20.1. The summed E-state index contributed by atoms with van der Waals surface area (Å²) in [5, 5.41) is 21.0. The van der Waals surface area contributed by atoms with Gasteiger partial charge < -0.3 is 20.6 Å². The number of aromatic hydroxyl groups is 1. The van der Waals surface area contributed by atoms with Gasteiger partial charge in [-0.3, -0.25) is 14.3 Å². The summed E-state index contributed by atoms with van der Waals surface area (Å²) in [6.45, 7) is 10.7. The molecule has 1 saturated heterocycles. The average molecular weight is 483 g/mol. The van der Waals surface area contributed by atoms with Crippen molar-refractivity contribution < 1.29 is 14.7 Å². The highest BCUT2D eigenvalue weighted by molar-refractivity contribution is 7.17. The third kappa shape index (κ3) is 4.77. The van der Waals surface area contributed by atoms with E-state index in [1.54, 1.807) is 23.7 Å². The highest BCUT2D eigenvalue weighted by Crippen LogP contribution is 2.30. The van der Waals surface area contributed by atoms with Crippen molar-refractivity contribution in [3.63, 3.8) is 0 Å². The molecule has 0 spiro atoms. The maximum Gasteiger partial charge on any atom is 0.267 e. The van der Waals surface area contributed by atoms with Crippen LogP contribution < -0.4 is 10.6 Å². The van der Waals surface area contributed by atoms with Gasteiger partial charge in [0, 0.05) is 29.4 Å². The number of nitrogens with one attached hydrogen (secondary N) is 2. The van der Waals surface area contributed by atoms with Crippen LogP contribution in [-0.4, -0.2) is 48.7 Å². The molecule has 0 saturated carbocycles. The van der Waals surface area contributed by atoms with Crippen LogP contribution in [0.1, 0.15) is 53.1 Å². The Morgan fingerprint density at radius 3 is 2.68 bits per heavy atom. The number of carbonyl (C=O) groups is 2.